The average Bonchev–Trinajstić information content (AvgIpc) is 3.32. The van der Waals surface area contributed by atoms with Crippen molar-refractivity contribution in [2.24, 2.45) is 0 Å². The van der Waals surface area contributed by atoms with Gasteiger partial charge in [-0.3, -0.25) is 0 Å². The third kappa shape index (κ3) is 9.67. The van der Waals surface area contributed by atoms with Gasteiger partial charge in [0.1, 0.15) is 0 Å². The number of hydrogen-bond donors (Lipinski definition) is 0. The molecule has 0 atom stereocenters. The van der Waals surface area contributed by atoms with Gasteiger partial charge >= 0.3 is 41.9 Å². The summed E-state index contributed by atoms with van der Waals surface area (Å²) in [6, 6.07) is 31.7. The SMILES string of the molecule is Cc1cc2c(C)cccc2[cH-]1.Cc1cc2c(C)cccc2[cH-]1.[CH2-]c1ccccc1.[Si]=[Zr]([Cl])[Cl]. The van der Waals surface area contributed by atoms with Crippen LogP contribution in [0.3, 0.4) is 0 Å². The van der Waals surface area contributed by atoms with E-state index in [0.717, 1.165) is 5.56 Å². The molecule has 33 heavy (non-hydrogen) atoms. The molecule has 0 heterocycles. The van der Waals surface area contributed by atoms with Crippen molar-refractivity contribution in [2.45, 2.75) is 27.7 Å². The van der Waals surface area contributed by atoms with E-state index < -0.39 is 18.0 Å². The van der Waals surface area contributed by atoms with Crippen LogP contribution in [0.1, 0.15) is 27.8 Å². The zero-order valence-corrected chi connectivity index (χ0v) is 24.6. The third-order valence-electron chi connectivity index (χ3n) is 5.07. The molecule has 4 heteroatoms. The molecule has 0 aliphatic rings. The van der Waals surface area contributed by atoms with Crippen LogP contribution >= 0.6 is 17.0 Å². The fraction of sp³-hybridized carbons (Fsp3) is 0.138. The van der Waals surface area contributed by atoms with E-state index in [1.807, 2.05) is 30.3 Å². The van der Waals surface area contributed by atoms with Gasteiger partial charge in [-0.15, -0.1) is 81.2 Å². The maximum absolute atomic E-state index is 5.15. The Hall–Kier alpha value is -1.57. The van der Waals surface area contributed by atoms with Gasteiger partial charge in [-0.2, -0.15) is 36.8 Å². The number of aryl methyl sites for hydroxylation is 4. The summed E-state index contributed by atoms with van der Waals surface area (Å²) in [5, 5.41) is 5.51. The zero-order chi connectivity index (χ0) is 24.4. The quantitative estimate of drug-likeness (QED) is 0.129. The molecular weight excluding hydrogens is 539 g/mol. The van der Waals surface area contributed by atoms with E-state index in [4.69, 9.17) is 17.0 Å². The molecule has 0 aromatic heterocycles. The van der Waals surface area contributed by atoms with Crippen LogP contribution in [-0.2, 0) is 18.0 Å². The van der Waals surface area contributed by atoms with Crippen LogP contribution in [0, 0.1) is 34.6 Å². The Balaban J connectivity index is 0.000000166. The van der Waals surface area contributed by atoms with Crippen LogP contribution in [-0.4, -0.2) is 6.88 Å². The summed E-state index contributed by atoms with van der Waals surface area (Å²) in [7, 11) is 10.3. The second kappa shape index (κ2) is 14.0. The van der Waals surface area contributed by atoms with E-state index in [-0.39, 0.29) is 0 Å². The normalized spacial score (nSPS) is 9.76. The van der Waals surface area contributed by atoms with E-state index >= 15 is 0 Å². The van der Waals surface area contributed by atoms with Crippen LogP contribution in [0.2, 0.25) is 0 Å². The standard InChI is InChI=1S/2C11H11.C7H7.2ClH.Si.Zr/c2*1-8-6-10-5-3-4-9(2)11(10)7-8;1-7-5-3-2-4-6-7;;;;/h2*3-7H,1-2H3;2-6H,1H2;2*1H;;/q3*-1;;;;+2/p-2. The Morgan fingerprint density at radius 3 is 1.36 bits per heavy atom. The third-order valence-corrected chi connectivity index (χ3v) is 5.07. The Morgan fingerprint density at radius 1 is 0.667 bits per heavy atom. The number of halogens is 2. The van der Waals surface area contributed by atoms with Crippen molar-refractivity contribution in [3.05, 3.63) is 126 Å². The summed E-state index contributed by atoms with van der Waals surface area (Å²) >= 11 is -1.79. The molecule has 0 aliphatic heterocycles. The van der Waals surface area contributed by atoms with Gasteiger partial charge < -0.3 is 0 Å². The Bertz CT molecular complexity index is 1220. The maximum atomic E-state index is 5.15. The molecule has 0 N–H and O–H groups in total. The first-order valence-electron chi connectivity index (χ1n) is 10.7. The van der Waals surface area contributed by atoms with Gasteiger partial charge in [0.25, 0.3) is 0 Å². The van der Waals surface area contributed by atoms with E-state index in [2.05, 4.69) is 102 Å². The van der Waals surface area contributed by atoms with Gasteiger partial charge in [0.05, 0.1) is 0 Å². The molecule has 5 aromatic rings. The molecule has 170 valence electrons. The first kappa shape index (κ1) is 27.7. The van der Waals surface area contributed by atoms with Gasteiger partial charge in [0.15, 0.2) is 0 Å². The van der Waals surface area contributed by atoms with Crippen molar-refractivity contribution in [2.75, 3.05) is 0 Å². The van der Waals surface area contributed by atoms with E-state index in [1.54, 1.807) is 0 Å². The number of benzene rings is 3. The Morgan fingerprint density at radius 2 is 1.06 bits per heavy atom. The minimum atomic E-state index is -1.79. The molecule has 0 amide bonds. The predicted molar refractivity (Wildman–Crippen MR) is 146 cm³/mol. The topological polar surface area (TPSA) is 0 Å². The fourth-order valence-electron chi connectivity index (χ4n) is 3.56. The molecule has 0 fully saturated rings. The molecule has 0 saturated heterocycles. The Labute approximate surface area is 215 Å². The number of rotatable bonds is 0. The molecule has 0 aliphatic carbocycles. The summed E-state index contributed by atoms with van der Waals surface area (Å²) in [5.74, 6) is 0. The van der Waals surface area contributed by atoms with E-state index in [9.17, 15) is 0 Å². The van der Waals surface area contributed by atoms with Crippen molar-refractivity contribution >= 4 is 45.4 Å². The Kier molecular flexibility index (Phi) is 11.7. The molecule has 0 saturated carbocycles. The summed E-state index contributed by atoms with van der Waals surface area (Å²) in [6.45, 7) is 15.3. The summed E-state index contributed by atoms with van der Waals surface area (Å²) < 4.78 is 0. The zero-order valence-electron chi connectivity index (χ0n) is 19.6. The van der Waals surface area contributed by atoms with Gasteiger partial charge in [-0.05, 0) is 13.8 Å². The van der Waals surface area contributed by atoms with Crippen molar-refractivity contribution in [3.63, 3.8) is 0 Å². The summed E-state index contributed by atoms with van der Waals surface area (Å²) in [5.41, 5.74) is 6.53. The van der Waals surface area contributed by atoms with Crippen molar-refractivity contribution in [1.82, 2.24) is 0 Å². The molecule has 0 spiro atoms. The monoisotopic (exact) mass is 565 g/mol. The second-order valence-corrected chi connectivity index (χ2v) is 21.6. The number of fused-ring (bicyclic) bond motifs is 2. The molecule has 5 aromatic carbocycles. The van der Waals surface area contributed by atoms with Gasteiger partial charge in [0.2, 0.25) is 0 Å². The van der Waals surface area contributed by atoms with Gasteiger partial charge in [-0.25, -0.2) is 0 Å². The van der Waals surface area contributed by atoms with Gasteiger partial charge in [-0.1, -0.05) is 43.2 Å². The van der Waals surface area contributed by atoms with E-state index in [1.165, 1.54) is 43.8 Å². The van der Waals surface area contributed by atoms with Crippen LogP contribution < -0.4 is 0 Å². The first-order valence-corrected chi connectivity index (χ1v) is 21.2. The second-order valence-electron chi connectivity index (χ2n) is 7.97. The summed E-state index contributed by atoms with van der Waals surface area (Å²) in [6.07, 6.45) is 0. The minimum absolute atomic E-state index is 1.07. The molecule has 5 rings (SSSR count). The van der Waals surface area contributed by atoms with Crippen molar-refractivity contribution in [1.29, 1.82) is 0 Å². The first-order chi connectivity index (χ1) is 15.7. The molecule has 0 unspecified atom stereocenters. The van der Waals surface area contributed by atoms with E-state index in [0.29, 0.717) is 0 Å². The summed E-state index contributed by atoms with van der Waals surface area (Å²) in [4.78, 5) is 0. The molecular formula is C29H29Cl2SiZr-3. The molecule has 0 nitrogen and oxygen atoms in total. The molecule has 0 bridgehead atoms. The van der Waals surface area contributed by atoms with Crippen molar-refractivity contribution in [3.8, 4) is 0 Å². The molecule has 2 radical (unpaired) electrons. The van der Waals surface area contributed by atoms with Gasteiger partial charge in [0, 0.05) is 0 Å². The fourth-order valence-corrected chi connectivity index (χ4v) is 3.56. The van der Waals surface area contributed by atoms with Crippen LogP contribution in [0.4, 0.5) is 0 Å². The van der Waals surface area contributed by atoms with Crippen LogP contribution in [0.15, 0.2) is 91.0 Å². The average molecular weight is 568 g/mol. The van der Waals surface area contributed by atoms with Crippen molar-refractivity contribution < 1.29 is 18.0 Å². The number of hydrogen-bond acceptors (Lipinski definition) is 0. The van der Waals surface area contributed by atoms with Crippen LogP contribution in [0.5, 0.6) is 0 Å². The predicted octanol–water partition coefficient (Wildman–Crippen LogP) is 9.22. The van der Waals surface area contributed by atoms with Crippen LogP contribution in [0.25, 0.3) is 21.5 Å².